The predicted octanol–water partition coefficient (Wildman–Crippen LogP) is 2.52. The number of alkyl halides is 3. The number of benzene rings is 1. The molecule has 1 aromatic rings. The SMILES string of the molecule is O=C1CC(C(=O)N2CCN(C(=O)C3CCC3)CC2)CN1Cc1cccc(C(F)(F)F)c1. The van der Waals surface area contributed by atoms with Crippen molar-refractivity contribution in [2.75, 3.05) is 32.7 Å². The highest BCUT2D eigenvalue weighted by molar-refractivity contribution is 5.89. The molecule has 0 spiro atoms. The van der Waals surface area contributed by atoms with Crippen LogP contribution in [0.4, 0.5) is 13.2 Å². The van der Waals surface area contributed by atoms with E-state index < -0.39 is 17.7 Å². The van der Waals surface area contributed by atoms with E-state index in [9.17, 15) is 27.6 Å². The van der Waals surface area contributed by atoms with Crippen LogP contribution in [0, 0.1) is 11.8 Å². The zero-order valence-corrected chi connectivity index (χ0v) is 17.2. The van der Waals surface area contributed by atoms with Gasteiger partial charge in [0.1, 0.15) is 0 Å². The molecular formula is C22H26F3N3O3. The molecule has 1 atom stereocenters. The Bertz CT molecular complexity index is 861. The average molecular weight is 437 g/mol. The third-order valence-corrected chi connectivity index (χ3v) is 6.55. The number of likely N-dealkylation sites (tertiary alicyclic amines) is 1. The van der Waals surface area contributed by atoms with Gasteiger partial charge in [0.15, 0.2) is 0 Å². The predicted molar refractivity (Wildman–Crippen MR) is 105 cm³/mol. The lowest BCUT2D eigenvalue weighted by molar-refractivity contribution is -0.145. The summed E-state index contributed by atoms with van der Waals surface area (Å²) in [6, 6.07) is 4.92. The lowest BCUT2D eigenvalue weighted by Gasteiger charge is -2.38. The average Bonchev–Trinajstić information content (AvgIpc) is 3.06. The molecule has 0 N–H and O–H groups in total. The van der Waals surface area contributed by atoms with E-state index in [2.05, 4.69) is 0 Å². The normalized spacial score (nSPS) is 22.6. The van der Waals surface area contributed by atoms with Crippen molar-refractivity contribution in [3.63, 3.8) is 0 Å². The van der Waals surface area contributed by atoms with Crippen LogP contribution in [0.2, 0.25) is 0 Å². The standard InChI is InChI=1S/C22H26F3N3O3/c23-22(24,25)18-6-1-3-15(11-18)13-28-14-17(12-19(28)29)21(31)27-9-7-26(8-10-27)20(30)16-4-2-5-16/h1,3,6,11,16-17H,2,4-5,7-10,12-14H2. The van der Waals surface area contributed by atoms with Gasteiger partial charge in [-0.15, -0.1) is 0 Å². The largest absolute Gasteiger partial charge is 0.416 e. The number of carbonyl (C=O) groups is 3. The Morgan fingerprint density at radius 1 is 0.968 bits per heavy atom. The molecule has 4 rings (SSSR count). The van der Waals surface area contributed by atoms with Crippen molar-refractivity contribution < 1.29 is 27.6 Å². The fourth-order valence-electron chi connectivity index (χ4n) is 4.48. The van der Waals surface area contributed by atoms with Gasteiger partial charge in [-0.2, -0.15) is 13.2 Å². The molecule has 3 amide bonds. The van der Waals surface area contributed by atoms with Gasteiger partial charge in [-0.1, -0.05) is 18.6 Å². The Labute approximate surface area is 179 Å². The van der Waals surface area contributed by atoms with Crippen molar-refractivity contribution in [2.24, 2.45) is 11.8 Å². The minimum atomic E-state index is -4.44. The fraction of sp³-hybridized carbons (Fsp3) is 0.591. The molecule has 2 heterocycles. The summed E-state index contributed by atoms with van der Waals surface area (Å²) in [6.45, 7) is 2.18. The van der Waals surface area contributed by atoms with Gasteiger partial charge in [-0.25, -0.2) is 0 Å². The molecule has 31 heavy (non-hydrogen) atoms. The Kier molecular flexibility index (Phi) is 5.94. The molecule has 1 saturated carbocycles. The van der Waals surface area contributed by atoms with Crippen LogP contribution in [0.15, 0.2) is 24.3 Å². The third-order valence-electron chi connectivity index (χ3n) is 6.55. The Balaban J connectivity index is 1.31. The molecule has 3 fully saturated rings. The smallest absolute Gasteiger partial charge is 0.339 e. The summed E-state index contributed by atoms with van der Waals surface area (Å²) in [5, 5.41) is 0. The van der Waals surface area contributed by atoms with Crippen molar-refractivity contribution in [1.82, 2.24) is 14.7 Å². The minimum Gasteiger partial charge on any atom is -0.339 e. The van der Waals surface area contributed by atoms with E-state index in [0.717, 1.165) is 31.4 Å². The first kappa shape index (κ1) is 21.6. The highest BCUT2D eigenvalue weighted by Gasteiger charge is 2.39. The van der Waals surface area contributed by atoms with Crippen LogP contribution in [0.25, 0.3) is 0 Å². The lowest BCUT2D eigenvalue weighted by atomic mass is 9.84. The first-order chi connectivity index (χ1) is 14.7. The van der Waals surface area contributed by atoms with E-state index in [1.165, 1.54) is 11.0 Å². The third kappa shape index (κ3) is 4.70. The number of piperazine rings is 1. The van der Waals surface area contributed by atoms with Crippen LogP contribution in [-0.4, -0.2) is 65.1 Å². The second-order valence-corrected chi connectivity index (χ2v) is 8.65. The quantitative estimate of drug-likeness (QED) is 0.728. The number of carbonyl (C=O) groups excluding carboxylic acids is 3. The maximum absolute atomic E-state index is 12.9. The summed E-state index contributed by atoms with van der Waals surface area (Å²) in [5.41, 5.74) is -0.363. The van der Waals surface area contributed by atoms with Gasteiger partial charge in [-0.05, 0) is 30.5 Å². The van der Waals surface area contributed by atoms with Crippen LogP contribution < -0.4 is 0 Å². The monoisotopic (exact) mass is 437 g/mol. The summed E-state index contributed by atoms with van der Waals surface area (Å²) < 4.78 is 38.8. The van der Waals surface area contributed by atoms with E-state index in [1.807, 2.05) is 4.90 Å². The molecule has 0 bridgehead atoms. The van der Waals surface area contributed by atoms with Gasteiger partial charge >= 0.3 is 6.18 Å². The summed E-state index contributed by atoms with van der Waals surface area (Å²) in [7, 11) is 0. The van der Waals surface area contributed by atoms with Crippen molar-refractivity contribution in [3.8, 4) is 0 Å². The second kappa shape index (κ2) is 8.51. The zero-order chi connectivity index (χ0) is 22.2. The summed E-state index contributed by atoms with van der Waals surface area (Å²) in [4.78, 5) is 42.6. The topological polar surface area (TPSA) is 60.9 Å². The number of hydrogen-bond acceptors (Lipinski definition) is 3. The molecule has 0 radical (unpaired) electrons. The Morgan fingerprint density at radius 2 is 1.58 bits per heavy atom. The van der Waals surface area contributed by atoms with Gasteiger partial charge in [0.05, 0.1) is 11.5 Å². The van der Waals surface area contributed by atoms with Gasteiger partial charge in [-0.3, -0.25) is 14.4 Å². The van der Waals surface area contributed by atoms with Gasteiger partial charge in [0, 0.05) is 51.6 Å². The number of rotatable bonds is 4. The number of halogens is 3. The first-order valence-electron chi connectivity index (χ1n) is 10.7. The summed E-state index contributed by atoms with van der Waals surface area (Å²) in [6.07, 6.45) is -1.37. The summed E-state index contributed by atoms with van der Waals surface area (Å²) in [5.74, 6) is -0.516. The summed E-state index contributed by atoms with van der Waals surface area (Å²) >= 11 is 0. The fourth-order valence-corrected chi connectivity index (χ4v) is 4.48. The molecule has 0 aromatic heterocycles. The van der Waals surface area contributed by atoms with Gasteiger partial charge in [0.25, 0.3) is 0 Å². The van der Waals surface area contributed by atoms with E-state index in [4.69, 9.17) is 0 Å². The molecular weight excluding hydrogens is 411 g/mol. The Morgan fingerprint density at radius 3 is 2.13 bits per heavy atom. The maximum atomic E-state index is 12.9. The van der Waals surface area contributed by atoms with Crippen LogP contribution in [0.1, 0.15) is 36.8 Å². The molecule has 1 unspecified atom stereocenters. The molecule has 2 aliphatic heterocycles. The molecule has 3 aliphatic rings. The maximum Gasteiger partial charge on any atom is 0.416 e. The zero-order valence-electron chi connectivity index (χ0n) is 17.2. The molecule has 1 aliphatic carbocycles. The lowest BCUT2D eigenvalue weighted by Crippen LogP contribution is -2.53. The minimum absolute atomic E-state index is 0.0518. The van der Waals surface area contributed by atoms with Crippen LogP contribution >= 0.6 is 0 Å². The van der Waals surface area contributed by atoms with E-state index in [1.54, 1.807) is 11.0 Å². The molecule has 2 saturated heterocycles. The van der Waals surface area contributed by atoms with E-state index in [-0.39, 0.29) is 43.1 Å². The van der Waals surface area contributed by atoms with Crippen LogP contribution in [0.5, 0.6) is 0 Å². The Hall–Kier alpha value is -2.58. The van der Waals surface area contributed by atoms with Gasteiger partial charge in [0.2, 0.25) is 17.7 Å². The first-order valence-corrected chi connectivity index (χ1v) is 10.7. The second-order valence-electron chi connectivity index (χ2n) is 8.65. The highest BCUT2D eigenvalue weighted by Crippen LogP contribution is 2.31. The van der Waals surface area contributed by atoms with Crippen LogP contribution in [-0.2, 0) is 27.1 Å². The van der Waals surface area contributed by atoms with E-state index >= 15 is 0 Å². The van der Waals surface area contributed by atoms with Crippen molar-refractivity contribution in [2.45, 2.75) is 38.4 Å². The molecule has 1 aromatic carbocycles. The van der Waals surface area contributed by atoms with Gasteiger partial charge < -0.3 is 14.7 Å². The molecule has 6 nitrogen and oxygen atoms in total. The highest BCUT2D eigenvalue weighted by atomic mass is 19.4. The number of hydrogen-bond donors (Lipinski definition) is 0. The number of amides is 3. The van der Waals surface area contributed by atoms with Crippen molar-refractivity contribution in [3.05, 3.63) is 35.4 Å². The number of nitrogens with zero attached hydrogens (tertiary/aromatic N) is 3. The van der Waals surface area contributed by atoms with Crippen molar-refractivity contribution >= 4 is 17.7 Å². The molecule has 9 heteroatoms. The van der Waals surface area contributed by atoms with E-state index in [0.29, 0.717) is 31.7 Å². The van der Waals surface area contributed by atoms with Crippen molar-refractivity contribution in [1.29, 1.82) is 0 Å². The van der Waals surface area contributed by atoms with Crippen LogP contribution in [0.3, 0.4) is 0 Å². The molecule has 168 valence electrons.